The number of rotatable bonds is 7. The van der Waals surface area contributed by atoms with Crippen LogP contribution >= 0.6 is 0 Å². The molecule has 0 bridgehead atoms. The molecule has 2 rings (SSSR count). The van der Waals surface area contributed by atoms with Gasteiger partial charge in [0.15, 0.2) is 0 Å². The van der Waals surface area contributed by atoms with Gasteiger partial charge >= 0.3 is 0 Å². The van der Waals surface area contributed by atoms with Crippen LogP contribution in [0, 0.1) is 5.92 Å². The van der Waals surface area contributed by atoms with Crippen LogP contribution in [0.15, 0.2) is 30.3 Å². The van der Waals surface area contributed by atoms with Crippen LogP contribution in [0.3, 0.4) is 0 Å². The van der Waals surface area contributed by atoms with E-state index in [1.807, 2.05) is 30.3 Å². The fraction of sp³-hybridized carbons (Fsp3) is 0.579. The van der Waals surface area contributed by atoms with E-state index in [0.717, 1.165) is 31.6 Å². The lowest BCUT2D eigenvalue weighted by Gasteiger charge is -2.32. The Kier molecular flexibility index (Phi) is 7.40. The molecule has 0 aromatic heterocycles. The summed E-state index contributed by atoms with van der Waals surface area (Å²) in [6, 6.07) is 9.18. The Morgan fingerprint density at radius 2 is 1.84 bits per heavy atom. The molecule has 4 N–H and O–H groups in total. The third-order valence-electron chi connectivity index (χ3n) is 4.42. The van der Waals surface area contributed by atoms with Crippen LogP contribution in [0.5, 0.6) is 0 Å². The van der Waals surface area contributed by atoms with Gasteiger partial charge in [-0.15, -0.1) is 0 Å². The second kappa shape index (κ2) is 9.53. The smallest absolute Gasteiger partial charge is 0.238 e. The van der Waals surface area contributed by atoms with E-state index in [1.54, 1.807) is 0 Å². The van der Waals surface area contributed by atoms with Gasteiger partial charge in [-0.1, -0.05) is 32.0 Å². The maximum Gasteiger partial charge on any atom is 0.238 e. The zero-order chi connectivity index (χ0) is 18.2. The fourth-order valence-electron chi connectivity index (χ4n) is 3.08. The van der Waals surface area contributed by atoms with Crippen LogP contribution in [0.1, 0.15) is 33.1 Å². The van der Waals surface area contributed by atoms with Gasteiger partial charge in [0.1, 0.15) is 0 Å². The third kappa shape index (κ3) is 6.84. The monoisotopic (exact) mass is 346 g/mol. The predicted molar refractivity (Wildman–Crippen MR) is 100 cm³/mol. The summed E-state index contributed by atoms with van der Waals surface area (Å²) >= 11 is 0. The van der Waals surface area contributed by atoms with Crippen molar-refractivity contribution in [3.63, 3.8) is 0 Å². The molecule has 25 heavy (non-hydrogen) atoms. The number of nitrogens with two attached hydrogens (primary N) is 1. The van der Waals surface area contributed by atoms with Crippen molar-refractivity contribution in [2.75, 3.05) is 25.0 Å². The minimum atomic E-state index is -0.435. The Bertz CT molecular complexity index is 554. The topological polar surface area (TPSA) is 87.5 Å². The van der Waals surface area contributed by atoms with Crippen LogP contribution < -0.4 is 16.4 Å². The van der Waals surface area contributed by atoms with Crippen molar-refractivity contribution in [3.8, 4) is 0 Å². The van der Waals surface area contributed by atoms with Gasteiger partial charge in [0.2, 0.25) is 11.8 Å². The van der Waals surface area contributed by atoms with Gasteiger partial charge in [-0.05, 0) is 37.3 Å². The summed E-state index contributed by atoms with van der Waals surface area (Å²) in [6.07, 6.45) is 2.39. The molecule has 1 fully saturated rings. The highest BCUT2D eigenvalue weighted by molar-refractivity contribution is 5.92. The largest absolute Gasteiger partial charge is 0.352 e. The lowest BCUT2D eigenvalue weighted by molar-refractivity contribution is -0.124. The SMILES string of the molecule is CC(C)C[C@H](N)C(=O)NC1CCN(CC(=O)Nc2ccccc2)CC1. The first-order valence-corrected chi connectivity index (χ1v) is 9.07. The molecule has 0 aliphatic carbocycles. The number of nitrogens with zero attached hydrogens (tertiary/aromatic N) is 1. The summed E-state index contributed by atoms with van der Waals surface area (Å²) in [7, 11) is 0. The average Bonchev–Trinajstić information content (AvgIpc) is 2.57. The molecule has 0 unspecified atom stereocenters. The fourth-order valence-corrected chi connectivity index (χ4v) is 3.08. The minimum Gasteiger partial charge on any atom is -0.352 e. The quantitative estimate of drug-likeness (QED) is 0.699. The van der Waals surface area contributed by atoms with Gasteiger partial charge in [-0.25, -0.2) is 0 Å². The Morgan fingerprint density at radius 3 is 2.44 bits per heavy atom. The van der Waals surface area contributed by atoms with E-state index in [9.17, 15) is 9.59 Å². The molecule has 1 aromatic carbocycles. The van der Waals surface area contributed by atoms with Crippen LogP contribution in [-0.4, -0.2) is 48.4 Å². The van der Waals surface area contributed by atoms with E-state index < -0.39 is 6.04 Å². The van der Waals surface area contributed by atoms with Crippen LogP contribution in [0.2, 0.25) is 0 Å². The van der Waals surface area contributed by atoms with Crippen molar-refractivity contribution < 1.29 is 9.59 Å². The average molecular weight is 346 g/mol. The van der Waals surface area contributed by atoms with E-state index in [0.29, 0.717) is 18.9 Å². The molecule has 1 heterocycles. The number of likely N-dealkylation sites (tertiary alicyclic amines) is 1. The summed E-state index contributed by atoms with van der Waals surface area (Å²) in [5.41, 5.74) is 6.74. The van der Waals surface area contributed by atoms with E-state index in [1.165, 1.54) is 0 Å². The molecular weight excluding hydrogens is 316 g/mol. The number of piperidine rings is 1. The molecule has 0 spiro atoms. The number of amides is 2. The highest BCUT2D eigenvalue weighted by Gasteiger charge is 2.24. The number of para-hydroxylation sites is 1. The molecule has 0 saturated carbocycles. The van der Waals surface area contributed by atoms with Gasteiger partial charge in [0, 0.05) is 24.8 Å². The van der Waals surface area contributed by atoms with Crippen molar-refractivity contribution in [1.29, 1.82) is 0 Å². The van der Waals surface area contributed by atoms with Crippen LogP contribution in [0.25, 0.3) is 0 Å². The molecule has 1 atom stereocenters. The van der Waals surface area contributed by atoms with Crippen molar-refractivity contribution in [3.05, 3.63) is 30.3 Å². The van der Waals surface area contributed by atoms with Crippen molar-refractivity contribution in [2.45, 2.75) is 45.2 Å². The Hall–Kier alpha value is -1.92. The summed E-state index contributed by atoms with van der Waals surface area (Å²) in [4.78, 5) is 26.3. The minimum absolute atomic E-state index is 0.00681. The van der Waals surface area contributed by atoms with Crippen molar-refractivity contribution in [2.24, 2.45) is 11.7 Å². The number of benzene rings is 1. The Morgan fingerprint density at radius 1 is 1.20 bits per heavy atom. The zero-order valence-corrected chi connectivity index (χ0v) is 15.2. The van der Waals surface area contributed by atoms with E-state index in [4.69, 9.17) is 5.73 Å². The normalized spacial score (nSPS) is 17.3. The second-order valence-corrected chi connectivity index (χ2v) is 7.21. The van der Waals surface area contributed by atoms with E-state index in [-0.39, 0.29) is 17.9 Å². The third-order valence-corrected chi connectivity index (χ3v) is 4.42. The Balaban J connectivity index is 1.69. The zero-order valence-electron chi connectivity index (χ0n) is 15.2. The highest BCUT2D eigenvalue weighted by Crippen LogP contribution is 2.12. The maximum atomic E-state index is 12.1. The number of carbonyl (C=O) groups excluding carboxylic acids is 2. The summed E-state index contributed by atoms with van der Waals surface area (Å²) in [6.45, 7) is 6.10. The van der Waals surface area contributed by atoms with Crippen molar-refractivity contribution in [1.82, 2.24) is 10.2 Å². The number of carbonyl (C=O) groups is 2. The second-order valence-electron chi connectivity index (χ2n) is 7.21. The molecule has 1 aromatic rings. The number of nitrogens with one attached hydrogen (secondary N) is 2. The van der Waals surface area contributed by atoms with Gasteiger partial charge in [-0.3, -0.25) is 14.5 Å². The molecule has 1 aliphatic rings. The van der Waals surface area contributed by atoms with E-state index >= 15 is 0 Å². The summed E-state index contributed by atoms with van der Waals surface area (Å²) in [5.74, 6) is 0.340. The Labute approximate surface area is 150 Å². The first-order chi connectivity index (χ1) is 11.9. The molecular formula is C19H30N4O2. The molecule has 6 nitrogen and oxygen atoms in total. The summed E-state index contributed by atoms with van der Waals surface area (Å²) in [5, 5.41) is 5.95. The number of hydrogen-bond donors (Lipinski definition) is 3. The standard InChI is InChI=1S/C19H30N4O2/c1-14(2)12-17(20)19(25)22-16-8-10-23(11-9-16)13-18(24)21-15-6-4-3-5-7-15/h3-7,14,16-17H,8-13,20H2,1-2H3,(H,21,24)(H,22,25)/t17-/m0/s1. The van der Waals surface area contributed by atoms with E-state index in [2.05, 4.69) is 29.4 Å². The van der Waals surface area contributed by atoms with Crippen LogP contribution in [-0.2, 0) is 9.59 Å². The molecule has 1 saturated heterocycles. The predicted octanol–water partition coefficient (Wildman–Crippen LogP) is 1.58. The highest BCUT2D eigenvalue weighted by atomic mass is 16.2. The van der Waals surface area contributed by atoms with Gasteiger partial charge in [-0.2, -0.15) is 0 Å². The number of anilines is 1. The molecule has 138 valence electrons. The molecule has 2 amide bonds. The van der Waals surface area contributed by atoms with Gasteiger partial charge in [0.25, 0.3) is 0 Å². The first kappa shape index (κ1) is 19.4. The maximum absolute atomic E-state index is 12.1. The number of hydrogen-bond acceptors (Lipinski definition) is 4. The van der Waals surface area contributed by atoms with Crippen LogP contribution in [0.4, 0.5) is 5.69 Å². The van der Waals surface area contributed by atoms with Crippen molar-refractivity contribution >= 4 is 17.5 Å². The van der Waals surface area contributed by atoms with Gasteiger partial charge in [0.05, 0.1) is 12.6 Å². The molecule has 6 heteroatoms. The molecule has 0 radical (unpaired) electrons. The lowest BCUT2D eigenvalue weighted by Crippen LogP contribution is -2.50. The van der Waals surface area contributed by atoms with Gasteiger partial charge < -0.3 is 16.4 Å². The lowest BCUT2D eigenvalue weighted by atomic mass is 10.0. The first-order valence-electron chi connectivity index (χ1n) is 9.07. The molecule has 1 aliphatic heterocycles. The summed E-state index contributed by atoms with van der Waals surface area (Å²) < 4.78 is 0.